The summed E-state index contributed by atoms with van der Waals surface area (Å²) in [7, 11) is 0. The van der Waals surface area contributed by atoms with E-state index in [0.29, 0.717) is 5.56 Å². The van der Waals surface area contributed by atoms with Crippen LogP contribution in [0, 0.1) is 11.3 Å². The molecule has 0 fully saturated rings. The van der Waals surface area contributed by atoms with Crippen molar-refractivity contribution in [1.82, 2.24) is 0 Å². The highest BCUT2D eigenvalue weighted by molar-refractivity contribution is 5.80. The van der Waals surface area contributed by atoms with E-state index < -0.39 is 0 Å². The van der Waals surface area contributed by atoms with Crippen LogP contribution < -0.4 is 0 Å². The van der Waals surface area contributed by atoms with Crippen molar-refractivity contribution in [3.05, 3.63) is 35.4 Å². The molecule has 0 saturated heterocycles. The van der Waals surface area contributed by atoms with Gasteiger partial charge < -0.3 is 0 Å². The van der Waals surface area contributed by atoms with Gasteiger partial charge in [0.25, 0.3) is 0 Å². The Morgan fingerprint density at radius 2 is 2.19 bits per heavy atom. The third kappa shape index (κ3) is 4.75. The largest absolute Gasteiger partial charge is 0.293 e. The van der Waals surface area contributed by atoms with E-state index in [1.54, 1.807) is 6.07 Å². The van der Waals surface area contributed by atoms with Crippen molar-refractivity contribution in [3.63, 3.8) is 0 Å². The fraction of sp³-hybridized carbons (Fsp3) is 0.429. The number of unbranched alkanes of at least 4 members (excludes halogenated alkanes) is 3. The summed E-state index contributed by atoms with van der Waals surface area (Å²) in [6.07, 6.45) is 6.81. The Balaban J connectivity index is 2.35. The molecule has 0 aliphatic heterocycles. The van der Waals surface area contributed by atoms with Gasteiger partial charge in [0.2, 0.25) is 0 Å². The lowest BCUT2D eigenvalue weighted by atomic mass is 10.1. The summed E-state index contributed by atoms with van der Waals surface area (Å²) in [5.41, 5.74) is 1.70. The number of hydrogen-bond donors (Lipinski definition) is 0. The topological polar surface area (TPSA) is 36.1 Å². The fourth-order valence-electron chi connectivity index (χ4n) is 1.49. The number of nitrogens with zero attached hydrogens (tertiary/aromatic N) is 2. The van der Waals surface area contributed by atoms with E-state index in [4.69, 9.17) is 5.26 Å². The molecule has 0 bridgehead atoms. The van der Waals surface area contributed by atoms with Crippen LogP contribution in [0.4, 0.5) is 0 Å². The first-order valence-corrected chi connectivity index (χ1v) is 5.87. The van der Waals surface area contributed by atoms with Gasteiger partial charge in [-0.15, -0.1) is 0 Å². The number of benzene rings is 1. The molecule has 0 spiro atoms. The molecule has 0 amide bonds. The molecule has 2 nitrogen and oxygen atoms in total. The summed E-state index contributed by atoms with van der Waals surface area (Å²) in [5, 5.41) is 8.74. The predicted molar refractivity (Wildman–Crippen MR) is 67.8 cm³/mol. The second kappa shape index (κ2) is 7.64. The van der Waals surface area contributed by atoms with Gasteiger partial charge in [-0.25, -0.2) is 0 Å². The Kier molecular flexibility index (Phi) is 5.95. The van der Waals surface area contributed by atoms with Gasteiger partial charge in [-0.05, 0) is 24.1 Å². The van der Waals surface area contributed by atoms with E-state index in [-0.39, 0.29) is 0 Å². The van der Waals surface area contributed by atoms with Crippen LogP contribution in [-0.2, 0) is 0 Å². The van der Waals surface area contributed by atoms with Crippen LogP contribution in [0.2, 0.25) is 0 Å². The molecule has 0 heterocycles. The molecule has 16 heavy (non-hydrogen) atoms. The van der Waals surface area contributed by atoms with E-state index in [0.717, 1.165) is 18.5 Å². The zero-order chi connectivity index (χ0) is 11.6. The van der Waals surface area contributed by atoms with Crippen LogP contribution in [-0.4, -0.2) is 12.8 Å². The molecule has 1 aromatic rings. The lowest BCUT2D eigenvalue weighted by Gasteiger charge is -1.95. The highest BCUT2D eigenvalue weighted by Gasteiger charge is 1.91. The average Bonchev–Trinajstić information content (AvgIpc) is 2.34. The molecule has 2 heteroatoms. The van der Waals surface area contributed by atoms with Crippen molar-refractivity contribution in [2.24, 2.45) is 4.99 Å². The minimum atomic E-state index is 0.690. The van der Waals surface area contributed by atoms with Gasteiger partial charge in [-0.1, -0.05) is 38.3 Å². The summed E-state index contributed by atoms with van der Waals surface area (Å²) in [5.74, 6) is 0. The fourth-order valence-corrected chi connectivity index (χ4v) is 1.49. The SMILES string of the molecule is CCCCCCN=Cc1cccc(C#N)c1. The van der Waals surface area contributed by atoms with Gasteiger partial charge in [0, 0.05) is 12.8 Å². The molecule has 0 aliphatic carbocycles. The highest BCUT2D eigenvalue weighted by atomic mass is 14.7. The summed E-state index contributed by atoms with van der Waals surface area (Å²) in [6.45, 7) is 3.09. The molecular weight excluding hydrogens is 196 g/mol. The minimum absolute atomic E-state index is 0.690. The van der Waals surface area contributed by atoms with Crippen LogP contribution in [0.25, 0.3) is 0 Å². The van der Waals surface area contributed by atoms with E-state index in [2.05, 4.69) is 18.0 Å². The Morgan fingerprint density at radius 3 is 2.94 bits per heavy atom. The zero-order valence-corrected chi connectivity index (χ0v) is 9.82. The van der Waals surface area contributed by atoms with Crippen molar-refractivity contribution in [2.75, 3.05) is 6.54 Å². The molecule has 0 saturated carbocycles. The van der Waals surface area contributed by atoms with Gasteiger partial charge in [0.05, 0.1) is 11.6 Å². The van der Waals surface area contributed by atoms with Gasteiger partial charge in [0.1, 0.15) is 0 Å². The molecule has 0 atom stereocenters. The molecule has 1 aromatic carbocycles. The summed E-state index contributed by atoms with van der Waals surface area (Å²) in [6, 6.07) is 9.64. The second-order valence-corrected chi connectivity index (χ2v) is 3.83. The van der Waals surface area contributed by atoms with Crippen LogP contribution in [0.1, 0.15) is 43.7 Å². The first-order valence-electron chi connectivity index (χ1n) is 5.87. The van der Waals surface area contributed by atoms with Crippen molar-refractivity contribution < 1.29 is 0 Å². The molecule has 0 unspecified atom stereocenters. The third-order valence-electron chi connectivity index (χ3n) is 2.40. The van der Waals surface area contributed by atoms with Crippen molar-refractivity contribution >= 4 is 6.21 Å². The standard InChI is InChI=1S/C14H18N2/c1-2-3-4-5-9-16-12-14-8-6-7-13(10-14)11-15/h6-8,10,12H,2-5,9H2,1H3. The van der Waals surface area contributed by atoms with Crippen LogP contribution in [0.5, 0.6) is 0 Å². The van der Waals surface area contributed by atoms with E-state index in [1.807, 2.05) is 24.4 Å². The Bertz CT molecular complexity index is 375. The smallest absolute Gasteiger partial charge is 0.0991 e. The Hall–Kier alpha value is -1.62. The number of hydrogen-bond acceptors (Lipinski definition) is 2. The molecule has 0 N–H and O–H groups in total. The van der Waals surface area contributed by atoms with E-state index >= 15 is 0 Å². The number of rotatable bonds is 6. The highest BCUT2D eigenvalue weighted by Crippen LogP contribution is 2.02. The molecule has 1 rings (SSSR count). The minimum Gasteiger partial charge on any atom is -0.293 e. The Labute approximate surface area is 97.6 Å². The monoisotopic (exact) mass is 214 g/mol. The molecule has 0 radical (unpaired) electrons. The molecule has 84 valence electrons. The van der Waals surface area contributed by atoms with Crippen molar-refractivity contribution in [2.45, 2.75) is 32.6 Å². The maximum atomic E-state index is 8.74. The normalized spacial score (nSPS) is 10.5. The quantitative estimate of drug-likeness (QED) is 0.527. The lowest BCUT2D eigenvalue weighted by molar-refractivity contribution is 0.676. The number of aliphatic imine (C=N–C) groups is 1. The number of nitriles is 1. The van der Waals surface area contributed by atoms with Crippen molar-refractivity contribution in [1.29, 1.82) is 5.26 Å². The summed E-state index contributed by atoms with van der Waals surface area (Å²) < 4.78 is 0. The van der Waals surface area contributed by atoms with E-state index in [1.165, 1.54) is 19.3 Å². The van der Waals surface area contributed by atoms with Crippen LogP contribution in [0.3, 0.4) is 0 Å². The van der Waals surface area contributed by atoms with E-state index in [9.17, 15) is 0 Å². The van der Waals surface area contributed by atoms with Gasteiger partial charge in [0.15, 0.2) is 0 Å². The molecule has 0 aromatic heterocycles. The van der Waals surface area contributed by atoms with Crippen LogP contribution >= 0.6 is 0 Å². The van der Waals surface area contributed by atoms with Gasteiger partial charge in [-0.2, -0.15) is 5.26 Å². The lowest BCUT2D eigenvalue weighted by Crippen LogP contribution is -1.86. The third-order valence-corrected chi connectivity index (χ3v) is 2.40. The van der Waals surface area contributed by atoms with Gasteiger partial charge in [-0.3, -0.25) is 4.99 Å². The second-order valence-electron chi connectivity index (χ2n) is 3.83. The molecule has 0 aliphatic rings. The first-order chi connectivity index (χ1) is 7.86. The zero-order valence-electron chi connectivity index (χ0n) is 9.82. The molecular formula is C14H18N2. The Morgan fingerprint density at radius 1 is 1.31 bits per heavy atom. The van der Waals surface area contributed by atoms with Crippen molar-refractivity contribution in [3.8, 4) is 6.07 Å². The first kappa shape index (κ1) is 12.4. The average molecular weight is 214 g/mol. The maximum Gasteiger partial charge on any atom is 0.0991 e. The van der Waals surface area contributed by atoms with Gasteiger partial charge >= 0.3 is 0 Å². The summed E-state index contributed by atoms with van der Waals surface area (Å²) >= 11 is 0. The summed E-state index contributed by atoms with van der Waals surface area (Å²) in [4.78, 5) is 4.35. The predicted octanol–water partition coefficient (Wildman–Crippen LogP) is 3.56. The maximum absolute atomic E-state index is 8.74. The van der Waals surface area contributed by atoms with Crippen LogP contribution in [0.15, 0.2) is 29.3 Å².